The molecule has 5 nitrogen and oxygen atoms in total. The van der Waals surface area contributed by atoms with Crippen molar-refractivity contribution in [3.8, 4) is 0 Å². The fraction of sp³-hybridized carbons (Fsp3) is 0.529. The Hall–Kier alpha value is -2.25. The lowest BCUT2D eigenvalue weighted by atomic mass is 9.96. The number of hydrogen-bond donors (Lipinski definition) is 2. The van der Waals surface area contributed by atoms with Crippen LogP contribution in [0.4, 0.5) is 18.0 Å². The van der Waals surface area contributed by atoms with E-state index in [1.807, 2.05) is 32.9 Å². The van der Waals surface area contributed by atoms with Crippen molar-refractivity contribution in [2.75, 3.05) is 13.1 Å². The van der Waals surface area contributed by atoms with Crippen molar-refractivity contribution in [2.45, 2.75) is 33.5 Å². The van der Waals surface area contributed by atoms with Crippen molar-refractivity contribution in [3.63, 3.8) is 0 Å². The molecule has 0 saturated carbocycles. The summed E-state index contributed by atoms with van der Waals surface area (Å²) in [7, 11) is 0. The van der Waals surface area contributed by atoms with E-state index in [9.17, 15) is 22.8 Å². The third-order valence-electron chi connectivity index (χ3n) is 4.60. The maximum Gasteiger partial charge on any atom is 0.394 e. The lowest BCUT2D eigenvalue weighted by Gasteiger charge is -2.19. The number of nitrogens with one attached hydrogen (secondary N) is 1. The van der Waals surface area contributed by atoms with E-state index in [1.165, 1.54) is 0 Å². The number of aliphatic carboxylic acids is 1. The normalized spacial score (nSPS) is 20.6. The van der Waals surface area contributed by atoms with Crippen molar-refractivity contribution >= 4 is 12.0 Å². The van der Waals surface area contributed by atoms with E-state index in [1.54, 1.807) is 0 Å². The Morgan fingerprint density at radius 3 is 2.20 bits per heavy atom. The van der Waals surface area contributed by atoms with Gasteiger partial charge in [-0.15, -0.1) is 0 Å². The third-order valence-corrected chi connectivity index (χ3v) is 4.60. The molecule has 0 radical (unpaired) electrons. The van der Waals surface area contributed by atoms with Gasteiger partial charge < -0.3 is 15.3 Å². The third kappa shape index (κ3) is 4.24. The molecule has 2 N–H and O–H groups in total. The van der Waals surface area contributed by atoms with Crippen LogP contribution in [0.5, 0.6) is 0 Å². The van der Waals surface area contributed by atoms with Crippen LogP contribution in [0.1, 0.15) is 22.3 Å². The van der Waals surface area contributed by atoms with Crippen LogP contribution in [0.25, 0.3) is 0 Å². The number of carboxylic acids is 1. The van der Waals surface area contributed by atoms with Gasteiger partial charge in [-0.05, 0) is 37.5 Å². The maximum absolute atomic E-state index is 13.0. The second kappa shape index (κ2) is 6.93. The first kappa shape index (κ1) is 19.1. The van der Waals surface area contributed by atoms with Gasteiger partial charge in [-0.25, -0.2) is 4.79 Å². The highest BCUT2D eigenvalue weighted by molar-refractivity contribution is 5.77. The fourth-order valence-corrected chi connectivity index (χ4v) is 3.32. The highest BCUT2D eigenvalue weighted by Gasteiger charge is 2.53. The predicted octanol–water partition coefficient (Wildman–Crippen LogP) is 3.02. The van der Waals surface area contributed by atoms with Crippen LogP contribution in [-0.4, -0.2) is 41.3 Å². The first-order valence-corrected chi connectivity index (χ1v) is 7.89. The van der Waals surface area contributed by atoms with Gasteiger partial charge in [-0.2, -0.15) is 13.2 Å². The molecule has 1 aromatic rings. The minimum absolute atomic E-state index is 0.182. The molecule has 2 amide bonds. The summed E-state index contributed by atoms with van der Waals surface area (Å²) < 4.78 is 38.9. The van der Waals surface area contributed by atoms with E-state index in [4.69, 9.17) is 5.11 Å². The largest absolute Gasteiger partial charge is 0.481 e. The van der Waals surface area contributed by atoms with Crippen LogP contribution in [0.2, 0.25) is 0 Å². The van der Waals surface area contributed by atoms with Gasteiger partial charge in [0.25, 0.3) is 0 Å². The van der Waals surface area contributed by atoms with E-state index >= 15 is 0 Å². The van der Waals surface area contributed by atoms with Crippen LogP contribution >= 0.6 is 0 Å². The zero-order valence-electron chi connectivity index (χ0n) is 14.3. The number of urea groups is 1. The number of alkyl halides is 3. The van der Waals surface area contributed by atoms with E-state index in [0.717, 1.165) is 27.2 Å². The first-order chi connectivity index (χ1) is 11.5. The lowest BCUT2D eigenvalue weighted by Crippen LogP contribution is -2.39. The monoisotopic (exact) mass is 358 g/mol. The van der Waals surface area contributed by atoms with Crippen molar-refractivity contribution in [1.29, 1.82) is 0 Å². The summed E-state index contributed by atoms with van der Waals surface area (Å²) in [6.45, 7) is 4.85. The van der Waals surface area contributed by atoms with Crippen LogP contribution in [-0.2, 0) is 11.3 Å². The molecule has 1 aromatic carbocycles. The van der Waals surface area contributed by atoms with Crippen LogP contribution in [0, 0.1) is 32.6 Å². The Bertz CT molecular complexity index is 665. The highest BCUT2D eigenvalue weighted by Crippen LogP contribution is 2.37. The molecule has 1 fully saturated rings. The number of nitrogens with zero attached hydrogens (tertiary/aromatic N) is 1. The average Bonchev–Trinajstić information content (AvgIpc) is 2.91. The highest BCUT2D eigenvalue weighted by atomic mass is 19.4. The van der Waals surface area contributed by atoms with Gasteiger partial charge in [0.05, 0.1) is 11.8 Å². The van der Waals surface area contributed by atoms with E-state index in [0.29, 0.717) is 0 Å². The molecular weight excluding hydrogens is 337 g/mol. The first-order valence-electron chi connectivity index (χ1n) is 7.89. The number of hydrogen-bond acceptors (Lipinski definition) is 2. The van der Waals surface area contributed by atoms with E-state index < -0.39 is 43.1 Å². The van der Waals surface area contributed by atoms with Gasteiger partial charge in [0, 0.05) is 19.6 Å². The summed E-state index contributed by atoms with van der Waals surface area (Å²) in [5.41, 5.74) is 3.95. The van der Waals surface area contributed by atoms with Gasteiger partial charge in [-0.3, -0.25) is 4.79 Å². The molecular formula is C17H21F3N2O3. The molecule has 138 valence electrons. The van der Waals surface area contributed by atoms with Gasteiger partial charge in [0.15, 0.2) is 0 Å². The molecule has 2 atom stereocenters. The summed E-state index contributed by atoms with van der Waals surface area (Å²) in [5, 5.41) is 11.6. The van der Waals surface area contributed by atoms with Gasteiger partial charge in [-0.1, -0.05) is 17.7 Å². The second-order valence-electron chi connectivity index (χ2n) is 6.53. The molecule has 0 bridgehead atoms. The topological polar surface area (TPSA) is 69.6 Å². The predicted molar refractivity (Wildman–Crippen MR) is 85.1 cm³/mol. The van der Waals surface area contributed by atoms with E-state index in [2.05, 4.69) is 5.32 Å². The summed E-state index contributed by atoms with van der Waals surface area (Å²) in [6.07, 6.45) is -4.65. The zero-order valence-corrected chi connectivity index (χ0v) is 14.3. The molecule has 2 rings (SSSR count). The molecule has 0 aliphatic carbocycles. The molecule has 8 heteroatoms. The number of carbonyl (C=O) groups excluding carboxylic acids is 1. The Balaban J connectivity index is 2.06. The van der Waals surface area contributed by atoms with Crippen LogP contribution < -0.4 is 5.32 Å². The fourth-order valence-electron chi connectivity index (χ4n) is 3.32. The zero-order chi connectivity index (χ0) is 18.9. The number of aryl methyl sites for hydroxylation is 3. The van der Waals surface area contributed by atoms with Crippen molar-refractivity contribution in [1.82, 2.24) is 10.2 Å². The summed E-state index contributed by atoms with van der Waals surface area (Å²) in [6, 6.07) is 3.24. The van der Waals surface area contributed by atoms with Crippen molar-refractivity contribution in [3.05, 3.63) is 34.4 Å². The standard InChI is InChI=1S/C17H21F3N2O3/c1-9-4-10(2)12(11(3)5-9)6-21-16(25)22-7-13(15(23)24)14(8-22)17(18,19)20/h4-5,13-14H,6-8H2,1-3H3,(H,21,25)(H,23,24)/t13-,14-/m1/s1. The lowest BCUT2D eigenvalue weighted by molar-refractivity contribution is -0.187. The van der Waals surface area contributed by atoms with E-state index in [-0.39, 0.29) is 6.54 Å². The SMILES string of the molecule is Cc1cc(C)c(CNC(=O)N2C[C@@H](C(F)(F)F)[C@H](C(=O)O)C2)c(C)c1. The molecule has 0 aromatic heterocycles. The van der Waals surface area contributed by atoms with Crippen LogP contribution in [0.15, 0.2) is 12.1 Å². The van der Waals surface area contributed by atoms with Gasteiger partial charge >= 0.3 is 18.2 Å². The quantitative estimate of drug-likeness (QED) is 0.873. The Morgan fingerprint density at radius 2 is 1.76 bits per heavy atom. The molecule has 1 heterocycles. The molecule has 0 unspecified atom stereocenters. The number of amides is 2. The molecule has 1 aliphatic heterocycles. The number of carboxylic acid groups (broad SMARTS) is 1. The minimum atomic E-state index is -4.65. The molecule has 0 spiro atoms. The van der Waals surface area contributed by atoms with Crippen molar-refractivity contribution < 1.29 is 27.9 Å². The number of likely N-dealkylation sites (tertiary alicyclic amines) is 1. The second-order valence-corrected chi connectivity index (χ2v) is 6.53. The molecule has 1 saturated heterocycles. The Morgan fingerprint density at radius 1 is 1.20 bits per heavy atom. The van der Waals surface area contributed by atoms with Gasteiger partial charge in [0.1, 0.15) is 0 Å². The summed E-state index contributed by atoms with van der Waals surface area (Å²) in [5.74, 6) is -5.21. The molecule has 1 aliphatic rings. The maximum atomic E-state index is 13.0. The van der Waals surface area contributed by atoms with Gasteiger partial charge in [0.2, 0.25) is 0 Å². The number of carbonyl (C=O) groups is 2. The minimum Gasteiger partial charge on any atom is -0.481 e. The number of benzene rings is 1. The number of rotatable bonds is 3. The summed E-state index contributed by atoms with van der Waals surface area (Å²) >= 11 is 0. The number of halogens is 3. The van der Waals surface area contributed by atoms with Crippen molar-refractivity contribution in [2.24, 2.45) is 11.8 Å². The van der Waals surface area contributed by atoms with Crippen LogP contribution in [0.3, 0.4) is 0 Å². The molecule has 25 heavy (non-hydrogen) atoms. The summed E-state index contributed by atoms with van der Waals surface area (Å²) in [4.78, 5) is 24.2. The average molecular weight is 358 g/mol. The Labute approximate surface area is 143 Å². The smallest absolute Gasteiger partial charge is 0.394 e. The Kier molecular flexibility index (Phi) is 5.29.